The van der Waals surface area contributed by atoms with Gasteiger partial charge in [-0.2, -0.15) is 14.6 Å². The third kappa shape index (κ3) is 4.49. The molecule has 2 aromatic heterocycles. The monoisotopic (exact) mass is 445 g/mol. The molecule has 10 heteroatoms. The molecule has 1 aliphatic heterocycles. The van der Waals surface area contributed by atoms with Crippen LogP contribution in [0.25, 0.3) is 5.78 Å². The normalized spacial score (nSPS) is 17.5. The van der Waals surface area contributed by atoms with Gasteiger partial charge in [0.2, 0.25) is 0 Å². The maximum atomic E-state index is 13.5. The maximum Gasteiger partial charge on any atom is 0.280 e. The molecule has 0 saturated carbocycles. The minimum Gasteiger partial charge on any atom is -0.497 e. The number of halogens is 2. The molecule has 0 unspecified atom stereocenters. The standard InChI is InChI=1S/C22H25F2N5O3/c1-3-19(32-16-8-4-7-15(10-16)31-2)21(30)28-9-5-6-14(12-28)17-11-18(20(23)24)29-22(27-17)25-13-26-29/h4,7-8,10-11,13-14,19-20H,3,5-6,9,12H2,1-2H3/t14-,19-/m0/s1. The van der Waals surface area contributed by atoms with Crippen LogP contribution in [0.2, 0.25) is 0 Å². The Morgan fingerprint density at radius 3 is 2.84 bits per heavy atom. The van der Waals surface area contributed by atoms with Crippen LogP contribution in [-0.4, -0.2) is 56.7 Å². The van der Waals surface area contributed by atoms with Crippen molar-refractivity contribution in [2.75, 3.05) is 20.2 Å². The third-order valence-corrected chi connectivity index (χ3v) is 5.64. The molecule has 0 radical (unpaired) electrons. The molecule has 1 saturated heterocycles. The lowest BCUT2D eigenvalue weighted by Gasteiger charge is -2.34. The number of benzene rings is 1. The minimum absolute atomic E-state index is 0.127. The van der Waals surface area contributed by atoms with E-state index in [1.165, 1.54) is 12.4 Å². The lowest BCUT2D eigenvalue weighted by atomic mass is 9.93. The van der Waals surface area contributed by atoms with E-state index in [9.17, 15) is 13.6 Å². The molecule has 3 aromatic rings. The van der Waals surface area contributed by atoms with E-state index in [2.05, 4.69) is 15.1 Å². The van der Waals surface area contributed by atoms with E-state index in [-0.39, 0.29) is 23.3 Å². The molecule has 4 rings (SSSR count). The quantitative estimate of drug-likeness (QED) is 0.552. The molecular weight excluding hydrogens is 420 g/mol. The second-order valence-corrected chi connectivity index (χ2v) is 7.70. The smallest absolute Gasteiger partial charge is 0.280 e. The van der Waals surface area contributed by atoms with Gasteiger partial charge in [-0.3, -0.25) is 4.79 Å². The second kappa shape index (κ2) is 9.46. The van der Waals surface area contributed by atoms with Gasteiger partial charge in [-0.1, -0.05) is 13.0 Å². The van der Waals surface area contributed by atoms with Crippen LogP contribution < -0.4 is 9.47 Å². The Morgan fingerprint density at radius 1 is 1.28 bits per heavy atom. The van der Waals surface area contributed by atoms with Crippen LogP contribution in [0.1, 0.15) is 49.9 Å². The van der Waals surface area contributed by atoms with E-state index < -0.39 is 12.5 Å². The van der Waals surface area contributed by atoms with Crippen LogP contribution in [0.3, 0.4) is 0 Å². The van der Waals surface area contributed by atoms with Gasteiger partial charge in [0.1, 0.15) is 23.5 Å². The van der Waals surface area contributed by atoms with Crippen molar-refractivity contribution in [1.82, 2.24) is 24.5 Å². The van der Waals surface area contributed by atoms with Gasteiger partial charge in [-0.25, -0.2) is 13.8 Å². The Hall–Kier alpha value is -3.30. The van der Waals surface area contributed by atoms with E-state index in [4.69, 9.17) is 9.47 Å². The van der Waals surface area contributed by atoms with Crippen molar-refractivity contribution in [3.8, 4) is 11.5 Å². The fraction of sp³-hybridized carbons (Fsp3) is 0.455. The van der Waals surface area contributed by atoms with Crippen LogP contribution in [0.5, 0.6) is 11.5 Å². The summed E-state index contributed by atoms with van der Waals surface area (Å²) in [6, 6.07) is 8.49. The first-order valence-corrected chi connectivity index (χ1v) is 10.6. The molecule has 0 aliphatic carbocycles. The molecule has 1 aromatic carbocycles. The predicted molar refractivity (Wildman–Crippen MR) is 112 cm³/mol. The highest BCUT2D eigenvalue weighted by Crippen LogP contribution is 2.30. The summed E-state index contributed by atoms with van der Waals surface area (Å²) in [7, 11) is 1.57. The van der Waals surface area contributed by atoms with Crippen molar-refractivity contribution >= 4 is 11.7 Å². The summed E-state index contributed by atoms with van der Waals surface area (Å²) in [5.74, 6) is 1.04. The molecule has 32 heavy (non-hydrogen) atoms. The van der Waals surface area contributed by atoms with Crippen LogP contribution in [0, 0.1) is 0 Å². The lowest BCUT2D eigenvalue weighted by Crippen LogP contribution is -2.46. The summed E-state index contributed by atoms with van der Waals surface area (Å²) in [4.78, 5) is 23.3. The number of amides is 1. The number of nitrogens with zero attached hydrogens (tertiary/aromatic N) is 5. The zero-order valence-corrected chi connectivity index (χ0v) is 17.9. The molecule has 0 bridgehead atoms. The molecular formula is C22H25F2N5O3. The van der Waals surface area contributed by atoms with Gasteiger partial charge in [0.15, 0.2) is 6.10 Å². The highest BCUT2D eigenvalue weighted by molar-refractivity contribution is 5.81. The topological polar surface area (TPSA) is 81.9 Å². The minimum atomic E-state index is -2.71. The molecule has 1 aliphatic rings. The zero-order chi connectivity index (χ0) is 22.7. The average Bonchev–Trinajstić information content (AvgIpc) is 3.30. The molecule has 2 atom stereocenters. The number of alkyl halides is 2. The Labute approximate surface area is 184 Å². The van der Waals surface area contributed by atoms with Crippen LogP contribution in [0.4, 0.5) is 8.78 Å². The summed E-state index contributed by atoms with van der Waals surface area (Å²) >= 11 is 0. The summed E-state index contributed by atoms with van der Waals surface area (Å²) < 4.78 is 39.3. The molecule has 3 heterocycles. The number of piperidine rings is 1. The summed E-state index contributed by atoms with van der Waals surface area (Å²) in [6.07, 6.45) is -0.160. The lowest BCUT2D eigenvalue weighted by molar-refractivity contribution is -0.140. The van der Waals surface area contributed by atoms with E-state index >= 15 is 0 Å². The van der Waals surface area contributed by atoms with Crippen molar-refractivity contribution in [3.63, 3.8) is 0 Å². The van der Waals surface area contributed by atoms with Gasteiger partial charge in [-0.15, -0.1) is 0 Å². The fourth-order valence-electron chi connectivity index (χ4n) is 3.99. The van der Waals surface area contributed by atoms with E-state index in [0.29, 0.717) is 36.7 Å². The van der Waals surface area contributed by atoms with Crippen molar-refractivity contribution in [3.05, 3.63) is 48.0 Å². The zero-order valence-electron chi connectivity index (χ0n) is 17.9. The summed E-state index contributed by atoms with van der Waals surface area (Å²) in [5, 5.41) is 3.83. The van der Waals surface area contributed by atoms with Gasteiger partial charge in [0.05, 0.1) is 12.8 Å². The number of carbonyl (C=O) groups is 1. The van der Waals surface area contributed by atoms with Crippen LogP contribution in [0.15, 0.2) is 36.7 Å². The molecule has 1 fully saturated rings. The van der Waals surface area contributed by atoms with Crippen molar-refractivity contribution in [2.24, 2.45) is 0 Å². The second-order valence-electron chi connectivity index (χ2n) is 7.70. The van der Waals surface area contributed by atoms with Gasteiger partial charge in [0.25, 0.3) is 18.1 Å². The van der Waals surface area contributed by atoms with Crippen LogP contribution in [-0.2, 0) is 4.79 Å². The van der Waals surface area contributed by atoms with Crippen molar-refractivity contribution < 1.29 is 23.0 Å². The number of hydrogen-bond donors (Lipinski definition) is 0. The number of hydrogen-bond acceptors (Lipinski definition) is 6. The Bertz CT molecular complexity index is 1090. The van der Waals surface area contributed by atoms with Gasteiger partial charge in [-0.05, 0) is 37.5 Å². The maximum absolute atomic E-state index is 13.5. The Morgan fingerprint density at radius 2 is 2.09 bits per heavy atom. The first-order chi connectivity index (χ1) is 15.5. The van der Waals surface area contributed by atoms with Gasteiger partial charge >= 0.3 is 0 Å². The van der Waals surface area contributed by atoms with E-state index in [0.717, 1.165) is 17.4 Å². The molecule has 0 N–H and O–H groups in total. The Balaban J connectivity index is 1.51. The molecule has 8 nitrogen and oxygen atoms in total. The molecule has 1 amide bonds. The van der Waals surface area contributed by atoms with Gasteiger partial charge < -0.3 is 14.4 Å². The number of likely N-dealkylation sites (tertiary alicyclic amines) is 1. The number of aromatic nitrogens is 4. The molecule has 170 valence electrons. The average molecular weight is 445 g/mol. The largest absolute Gasteiger partial charge is 0.497 e. The summed E-state index contributed by atoms with van der Waals surface area (Å²) in [5.41, 5.74) is 0.249. The van der Waals surface area contributed by atoms with E-state index in [1.54, 1.807) is 36.3 Å². The third-order valence-electron chi connectivity index (χ3n) is 5.64. The van der Waals surface area contributed by atoms with Gasteiger partial charge in [0, 0.05) is 25.1 Å². The van der Waals surface area contributed by atoms with E-state index in [1.807, 2.05) is 6.92 Å². The van der Waals surface area contributed by atoms with Crippen molar-refractivity contribution in [1.29, 1.82) is 0 Å². The first-order valence-electron chi connectivity index (χ1n) is 10.6. The highest BCUT2D eigenvalue weighted by atomic mass is 19.3. The van der Waals surface area contributed by atoms with Crippen LogP contribution >= 0.6 is 0 Å². The Kier molecular flexibility index (Phi) is 6.48. The number of ether oxygens (including phenoxy) is 2. The SMILES string of the molecule is CC[C@H](Oc1cccc(OC)c1)C(=O)N1CCC[C@H](c2cc(C(F)F)n3ncnc3n2)C1. The number of fused-ring (bicyclic) bond motifs is 1. The summed E-state index contributed by atoms with van der Waals surface area (Å²) in [6.45, 7) is 2.86. The number of rotatable bonds is 7. The van der Waals surface area contributed by atoms with Crippen molar-refractivity contribution in [2.45, 2.75) is 44.6 Å². The first kappa shape index (κ1) is 21.9. The number of methoxy groups -OCH3 is 1. The molecule has 0 spiro atoms. The highest BCUT2D eigenvalue weighted by Gasteiger charge is 2.31. The number of carbonyl (C=O) groups excluding carboxylic acids is 1. The predicted octanol–water partition coefficient (Wildman–Crippen LogP) is 3.63. The fourth-order valence-corrected chi connectivity index (χ4v) is 3.99.